The van der Waals surface area contributed by atoms with E-state index in [1.807, 2.05) is 0 Å². The van der Waals surface area contributed by atoms with Crippen LogP contribution in [0.2, 0.25) is 0 Å². The van der Waals surface area contributed by atoms with E-state index in [1.165, 1.54) is 17.9 Å². The van der Waals surface area contributed by atoms with Gasteiger partial charge in [0.05, 0.1) is 5.56 Å². The van der Waals surface area contributed by atoms with Gasteiger partial charge in [-0.05, 0) is 12.8 Å². The molecule has 0 saturated carbocycles. The van der Waals surface area contributed by atoms with Crippen molar-refractivity contribution >= 4 is 5.91 Å². The van der Waals surface area contributed by atoms with Crippen molar-refractivity contribution in [3.63, 3.8) is 0 Å². The second-order valence-electron chi connectivity index (χ2n) is 4.04. The molecule has 0 spiro atoms. The van der Waals surface area contributed by atoms with E-state index in [0.29, 0.717) is 0 Å². The van der Waals surface area contributed by atoms with Gasteiger partial charge in [-0.1, -0.05) is 0 Å². The SMILES string of the molecule is Cn1cc(C(=O)NN2CCCC2)c(C(F)F)n1. The number of alkyl halides is 2. The summed E-state index contributed by atoms with van der Waals surface area (Å²) in [4.78, 5) is 11.8. The van der Waals surface area contributed by atoms with Crippen LogP contribution in [0.4, 0.5) is 8.78 Å². The Morgan fingerprint density at radius 2 is 2.12 bits per heavy atom. The van der Waals surface area contributed by atoms with Crippen LogP contribution in [-0.2, 0) is 7.05 Å². The van der Waals surface area contributed by atoms with E-state index in [1.54, 1.807) is 5.01 Å². The number of hydrazine groups is 1. The summed E-state index contributed by atoms with van der Waals surface area (Å²) < 4.78 is 26.5. The van der Waals surface area contributed by atoms with Crippen molar-refractivity contribution in [1.82, 2.24) is 20.2 Å². The molecule has 1 aromatic rings. The molecule has 0 aliphatic carbocycles. The normalized spacial score (nSPS) is 16.7. The molecule has 5 nitrogen and oxygen atoms in total. The maximum atomic E-state index is 12.6. The quantitative estimate of drug-likeness (QED) is 0.866. The number of hydrogen-bond donors (Lipinski definition) is 1. The Kier molecular flexibility index (Phi) is 3.37. The molecule has 2 heterocycles. The van der Waals surface area contributed by atoms with E-state index in [4.69, 9.17) is 0 Å². The van der Waals surface area contributed by atoms with Crippen molar-refractivity contribution in [2.45, 2.75) is 19.3 Å². The first-order valence-corrected chi connectivity index (χ1v) is 5.45. The summed E-state index contributed by atoms with van der Waals surface area (Å²) in [5, 5.41) is 5.33. The number of rotatable bonds is 3. The van der Waals surface area contributed by atoms with Gasteiger partial charge in [0.1, 0.15) is 5.69 Å². The molecule has 1 amide bonds. The minimum absolute atomic E-state index is 0.0607. The van der Waals surface area contributed by atoms with Gasteiger partial charge in [0.25, 0.3) is 12.3 Å². The first-order chi connectivity index (χ1) is 8.08. The molecular weight excluding hydrogens is 230 g/mol. The molecule has 1 aromatic heterocycles. The zero-order valence-electron chi connectivity index (χ0n) is 9.49. The van der Waals surface area contributed by atoms with E-state index in [9.17, 15) is 13.6 Å². The predicted octanol–water partition coefficient (Wildman–Crippen LogP) is 1.10. The lowest BCUT2D eigenvalue weighted by molar-refractivity contribution is 0.0813. The molecule has 0 atom stereocenters. The van der Waals surface area contributed by atoms with Crippen molar-refractivity contribution in [2.75, 3.05) is 13.1 Å². The third kappa shape index (κ3) is 2.60. The van der Waals surface area contributed by atoms with Gasteiger partial charge >= 0.3 is 0 Å². The van der Waals surface area contributed by atoms with Gasteiger partial charge in [0.15, 0.2) is 0 Å². The molecule has 1 aliphatic heterocycles. The Morgan fingerprint density at radius 1 is 1.47 bits per heavy atom. The molecule has 1 saturated heterocycles. The second kappa shape index (κ2) is 4.79. The van der Waals surface area contributed by atoms with E-state index in [0.717, 1.165) is 25.9 Å². The van der Waals surface area contributed by atoms with Crippen LogP contribution in [0, 0.1) is 0 Å². The smallest absolute Gasteiger partial charge is 0.282 e. The first-order valence-electron chi connectivity index (χ1n) is 5.45. The highest BCUT2D eigenvalue weighted by Crippen LogP contribution is 2.21. The van der Waals surface area contributed by atoms with Crippen molar-refractivity contribution < 1.29 is 13.6 Å². The molecular formula is C10H14F2N4O. The van der Waals surface area contributed by atoms with Crippen LogP contribution in [0.3, 0.4) is 0 Å². The van der Waals surface area contributed by atoms with Crippen molar-refractivity contribution in [2.24, 2.45) is 7.05 Å². The van der Waals surface area contributed by atoms with Crippen LogP contribution in [0.15, 0.2) is 6.20 Å². The highest BCUT2D eigenvalue weighted by molar-refractivity contribution is 5.94. The average molecular weight is 244 g/mol. The Balaban J connectivity index is 2.12. The summed E-state index contributed by atoms with van der Waals surface area (Å²) in [5.41, 5.74) is 2.08. The second-order valence-corrected chi connectivity index (χ2v) is 4.04. The number of aryl methyl sites for hydroxylation is 1. The molecule has 94 valence electrons. The Labute approximate surface area is 97.4 Å². The number of halogens is 2. The van der Waals surface area contributed by atoms with Crippen LogP contribution in [0.1, 0.15) is 35.3 Å². The van der Waals surface area contributed by atoms with Crippen LogP contribution < -0.4 is 5.43 Å². The topological polar surface area (TPSA) is 50.2 Å². The molecule has 0 bridgehead atoms. The van der Waals surface area contributed by atoms with Crippen LogP contribution in [0.25, 0.3) is 0 Å². The summed E-state index contributed by atoms with van der Waals surface area (Å²) in [6.07, 6.45) is 0.590. The van der Waals surface area contributed by atoms with Gasteiger partial charge in [-0.2, -0.15) is 5.10 Å². The summed E-state index contributed by atoms with van der Waals surface area (Å²) in [6.45, 7) is 1.52. The number of aromatic nitrogens is 2. The van der Waals surface area contributed by atoms with Gasteiger partial charge < -0.3 is 0 Å². The first kappa shape index (κ1) is 12.0. The molecule has 2 rings (SSSR count). The third-order valence-corrected chi connectivity index (χ3v) is 2.67. The largest absolute Gasteiger partial charge is 0.285 e. The van der Waals surface area contributed by atoms with Gasteiger partial charge in [-0.3, -0.25) is 14.9 Å². The lowest BCUT2D eigenvalue weighted by Crippen LogP contribution is -2.40. The molecule has 17 heavy (non-hydrogen) atoms. The zero-order chi connectivity index (χ0) is 12.4. The Morgan fingerprint density at radius 3 is 2.71 bits per heavy atom. The molecule has 1 N–H and O–H groups in total. The number of hydrogen-bond acceptors (Lipinski definition) is 3. The Bertz CT molecular complexity index is 412. The van der Waals surface area contributed by atoms with E-state index in [2.05, 4.69) is 10.5 Å². The molecule has 7 heteroatoms. The van der Waals surface area contributed by atoms with Gasteiger partial charge in [0, 0.05) is 26.3 Å². The molecule has 0 radical (unpaired) electrons. The summed E-state index contributed by atoms with van der Waals surface area (Å²) in [7, 11) is 1.51. The molecule has 0 aromatic carbocycles. The van der Waals surface area contributed by atoms with Crippen LogP contribution in [-0.4, -0.2) is 33.8 Å². The van der Waals surface area contributed by atoms with Crippen LogP contribution >= 0.6 is 0 Å². The van der Waals surface area contributed by atoms with Crippen LogP contribution in [0.5, 0.6) is 0 Å². The van der Waals surface area contributed by atoms with E-state index < -0.39 is 18.0 Å². The lowest BCUT2D eigenvalue weighted by atomic mass is 10.2. The molecule has 0 unspecified atom stereocenters. The minimum Gasteiger partial charge on any atom is -0.285 e. The third-order valence-electron chi connectivity index (χ3n) is 2.67. The Hall–Kier alpha value is -1.50. The standard InChI is InChI=1S/C10H14F2N4O/c1-15-6-7(8(13-15)9(11)12)10(17)14-16-4-2-3-5-16/h6,9H,2-5H2,1H3,(H,14,17). The van der Waals surface area contributed by atoms with Gasteiger partial charge in [-0.25, -0.2) is 13.8 Å². The lowest BCUT2D eigenvalue weighted by Gasteiger charge is -2.15. The maximum Gasteiger partial charge on any atom is 0.282 e. The summed E-state index contributed by atoms with van der Waals surface area (Å²) >= 11 is 0. The summed E-state index contributed by atoms with van der Waals surface area (Å²) in [5.74, 6) is -0.518. The number of nitrogens with one attached hydrogen (secondary N) is 1. The van der Waals surface area contributed by atoms with Crippen molar-refractivity contribution in [3.8, 4) is 0 Å². The molecule has 1 fully saturated rings. The fourth-order valence-corrected chi connectivity index (χ4v) is 1.87. The number of amides is 1. The van der Waals surface area contributed by atoms with E-state index in [-0.39, 0.29) is 5.56 Å². The number of nitrogens with zero attached hydrogens (tertiary/aromatic N) is 3. The number of carbonyl (C=O) groups is 1. The monoisotopic (exact) mass is 244 g/mol. The average Bonchev–Trinajstić information content (AvgIpc) is 2.86. The minimum atomic E-state index is -2.74. The van der Waals surface area contributed by atoms with E-state index >= 15 is 0 Å². The fraction of sp³-hybridized carbons (Fsp3) is 0.600. The predicted molar refractivity (Wildman–Crippen MR) is 56.4 cm³/mol. The van der Waals surface area contributed by atoms with Gasteiger partial charge in [0.2, 0.25) is 0 Å². The summed E-state index contributed by atoms with van der Waals surface area (Å²) in [6, 6.07) is 0. The van der Waals surface area contributed by atoms with Crippen molar-refractivity contribution in [3.05, 3.63) is 17.5 Å². The number of carbonyl (C=O) groups excluding carboxylic acids is 1. The highest BCUT2D eigenvalue weighted by atomic mass is 19.3. The van der Waals surface area contributed by atoms with Gasteiger partial charge in [-0.15, -0.1) is 0 Å². The van der Waals surface area contributed by atoms with Crippen molar-refractivity contribution in [1.29, 1.82) is 0 Å². The molecule has 1 aliphatic rings. The zero-order valence-corrected chi connectivity index (χ0v) is 9.49. The maximum absolute atomic E-state index is 12.6. The fourth-order valence-electron chi connectivity index (χ4n) is 1.87. The highest BCUT2D eigenvalue weighted by Gasteiger charge is 2.24.